The highest BCUT2D eigenvalue weighted by Crippen LogP contribution is 2.23. The van der Waals surface area contributed by atoms with Gasteiger partial charge in [-0.2, -0.15) is 5.10 Å². The topological polar surface area (TPSA) is 101 Å². The smallest absolute Gasteiger partial charge is 0.125 e. The van der Waals surface area contributed by atoms with E-state index in [9.17, 15) is 5.11 Å². The number of nitrogens with zero attached hydrogens (tertiary/aromatic N) is 3. The Morgan fingerprint density at radius 1 is 1.29 bits per heavy atom. The van der Waals surface area contributed by atoms with E-state index in [0.717, 1.165) is 0 Å². The third-order valence-electron chi connectivity index (χ3n) is 1.89. The van der Waals surface area contributed by atoms with Crippen LogP contribution in [0.3, 0.4) is 0 Å². The van der Waals surface area contributed by atoms with Crippen LogP contribution in [0.2, 0.25) is 0 Å². The molecule has 0 aliphatic heterocycles. The van der Waals surface area contributed by atoms with Gasteiger partial charge in [0.2, 0.25) is 0 Å². The first-order valence-electron chi connectivity index (χ1n) is 4.00. The molecule has 2 rings (SSSR count). The molecule has 4 N–H and O–H groups in total. The van der Waals surface area contributed by atoms with Crippen LogP contribution in [0, 0.1) is 0 Å². The second-order valence-electron chi connectivity index (χ2n) is 2.81. The molecule has 0 aliphatic rings. The van der Waals surface area contributed by atoms with Crippen LogP contribution >= 0.6 is 0 Å². The Kier molecular flexibility index (Phi) is 2.11. The van der Waals surface area contributed by atoms with Gasteiger partial charge in [0.1, 0.15) is 18.2 Å². The van der Waals surface area contributed by atoms with Crippen molar-refractivity contribution in [2.45, 2.75) is 6.10 Å². The molecule has 0 aromatic carbocycles. The maximum atomic E-state index is 9.84. The van der Waals surface area contributed by atoms with Crippen LogP contribution in [0.5, 0.6) is 0 Å². The molecule has 2 heterocycles. The lowest BCUT2D eigenvalue weighted by Gasteiger charge is -2.07. The third-order valence-corrected chi connectivity index (χ3v) is 1.89. The van der Waals surface area contributed by atoms with Gasteiger partial charge in [0.15, 0.2) is 0 Å². The molecular weight excluding hydrogens is 182 g/mol. The Morgan fingerprint density at radius 3 is 2.57 bits per heavy atom. The summed E-state index contributed by atoms with van der Waals surface area (Å²) in [7, 11) is 0. The van der Waals surface area contributed by atoms with Crippen molar-refractivity contribution in [2.75, 3.05) is 5.73 Å². The zero-order chi connectivity index (χ0) is 9.97. The summed E-state index contributed by atoms with van der Waals surface area (Å²) >= 11 is 0. The number of nitrogens with two attached hydrogens (primary N) is 1. The van der Waals surface area contributed by atoms with Crippen molar-refractivity contribution < 1.29 is 5.11 Å². The minimum Gasteiger partial charge on any atom is -0.384 e. The van der Waals surface area contributed by atoms with Gasteiger partial charge in [0.25, 0.3) is 0 Å². The molecule has 0 fully saturated rings. The van der Waals surface area contributed by atoms with Gasteiger partial charge in [0, 0.05) is 23.5 Å². The molecule has 14 heavy (non-hydrogen) atoms. The minimum atomic E-state index is -0.838. The van der Waals surface area contributed by atoms with Crippen molar-refractivity contribution in [3.8, 4) is 0 Å². The number of nitrogens with one attached hydrogen (secondary N) is 1. The summed E-state index contributed by atoms with van der Waals surface area (Å²) in [5.74, 6) is 0.348. The molecule has 72 valence electrons. The summed E-state index contributed by atoms with van der Waals surface area (Å²) in [4.78, 5) is 7.61. The summed E-state index contributed by atoms with van der Waals surface area (Å²) < 4.78 is 0. The summed E-state index contributed by atoms with van der Waals surface area (Å²) in [6.07, 6.45) is 5.10. The van der Waals surface area contributed by atoms with E-state index in [0.29, 0.717) is 16.9 Å². The van der Waals surface area contributed by atoms with Gasteiger partial charge >= 0.3 is 0 Å². The fourth-order valence-corrected chi connectivity index (χ4v) is 1.15. The Bertz CT molecular complexity index is 413. The molecule has 0 aliphatic carbocycles. The monoisotopic (exact) mass is 191 g/mol. The second kappa shape index (κ2) is 3.43. The number of aliphatic hydroxyl groups is 1. The van der Waals surface area contributed by atoms with Crippen molar-refractivity contribution in [1.29, 1.82) is 0 Å². The van der Waals surface area contributed by atoms with Crippen molar-refractivity contribution in [2.24, 2.45) is 0 Å². The summed E-state index contributed by atoms with van der Waals surface area (Å²) in [6.45, 7) is 0. The fourth-order valence-electron chi connectivity index (χ4n) is 1.15. The average molecular weight is 191 g/mol. The van der Waals surface area contributed by atoms with Crippen LogP contribution < -0.4 is 5.73 Å². The van der Waals surface area contributed by atoms with Crippen molar-refractivity contribution in [1.82, 2.24) is 20.2 Å². The first kappa shape index (κ1) is 8.64. The molecule has 0 radical (unpaired) electrons. The molecule has 0 bridgehead atoms. The number of aromatic amines is 1. The van der Waals surface area contributed by atoms with Crippen LogP contribution in [0.25, 0.3) is 0 Å². The molecule has 6 heteroatoms. The molecular formula is C8H9N5O. The van der Waals surface area contributed by atoms with E-state index in [1.807, 2.05) is 0 Å². The predicted molar refractivity (Wildman–Crippen MR) is 49.1 cm³/mol. The molecule has 0 saturated carbocycles. The van der Waals surface area contributed by atoms with Crippen LogP contribution in [0.4, 0.5) is 5.82 Å². The van der Waals surface area contributed by atoms with Gasteiger partial charge in [-0.1, -0.05) is 0 Å². The highest BCUT2D eigenvalue weighted by atomic mass is 16.3. The van der Waals surface area contributed by atoms with E-state index in [-0.39, 0.29) is 0 Å². The number of aliphatic hydroxyl groups excluding tert-OH is 1. The lowest BCUT2D eigenvalue weighted by Crippen LogP contribution is -2.02. The zero-order valence-corrected chi connectivity index (χ0v) is 7.25. The van der Waals surface area contributed by atoms with Crippen LogP contribution in [0.1, 0.15) is 17.2 Å². The summed E-state index contributed by atoms with van der Waals surface area (Å²) in [6, 6.07) is 0. The molecule has 2 aromatic heterocycles. The van der Waals surface area contributed by atoms with Crippen LogP contribution in [-0.4, -0.2) is 25.3 Å². The fraction of sp³-hybridized carbons (Fsp3) is 0.125. The molecule has 2 aromatic rings. The highest BCUT2D eigenvalue weighted by Gasteiger charge is 2.15. The van der Waals surface area contributed by atoms with E-state index in [1.54, 1.807) is 0 Å². The first-order valence-corrected chi connectivity index (χ1v) is 4.00. The van der Waals surface area contributed by atoms with E-state index >= 15 is 0 Å². The molecule has 0 amide bonds. The standard InChI is InChI=1S/C8H9N5O/c9-8-6(3-12-13-8)7(14)5-1-10-4-11-2-5/h1-4,7,14H,(H3,9,12,13). The van der Waals surface area contributed by atoms with Crippen molar-refractivity contribution >= 4 is 5.82 Å². The van der Waals surface area contributed by atoms with Crippen molar-refractivity contribution in [3.63, 3.8) is 0 Å². The van der Waals surface area contributed by atoms with Gasteiger partial charge in [-0.25, -0.2) is 9.97 Å². The summed E-state index contributed by atoms with van der Waals surface area (Å²) in [5.41, 5.74) is 6.67. The highest BCUT2D eigenvalue weighted by molar-refractivity contribution is 5.42. The third kappa shape index (κ3) is 1.42. The van der Waals surface area contributed by atoms with Crippen LogP contribution in [-0.2, 0) is 0 Å². The SMILES string of the molecule is Nc1[nH]ncc1C(O)c1cncnc1. The molecule has 1 unspecified atom stereocenters. The number of anilines is 1. The molecule has 0 saturated heterocycles. The van der Waals surface area contributed by atoms with Crippen LogP contribution in [0.15, 0.2) is 24.9 Å². The largest absolute Gasteiger partial charge is 0.384 e. The van der Waals surface area contributed by atoms with Gasteiger partial charge in [-0.05, 0) is 0 Å². The van der Waals surface area contributed by atoms with Crippen molar-refractivity contribution in [3.05, 3.63) is 36.0 Å². The van der Waals surface area contributed by atoms with Gasteiger partial charge in [-0.3, -0.25) is 5.10 Å². The van der Waals surface area contributed by atoms with Gasteiger partial charge in [-0.15, -0.1) is 0 Å². The maximum Gasteiger partial charge on any atom is 0.125 e. The quantitative estimate of drug-likeness (QED) is 0.613. The maximum absolute atomic E-state index is 9.84. The summed E-state index contributed by atoms with van der Waals surface area (Å²) in [5, 5.41) is 16.1. The predicted octanol–water partition coefficient (Wildman–Crippen LogP) is -0.136. The van der Waals surface area contributed by atoms with E-state index < -0.39 is 6.10 Å². The number of rotatable bonds is 2. The Hall–Kier alpha value is -1.95. The number of hydrogen-bond donors (Lipinski definition) is 3. The number of hydrogen-bond acceptors (Lipinski definition) is 5. The van der Waals surface area contributed by atoms with E-state index in [1.165, 1.54) is 24.9 Å². The molecule has 6 nitrogen and oxygen atoms in total. The Morgan fingerprint density at radius 2 is 2.00 bits per heavy atom. The zero-order valence-electron chi connectivity index (χ0n) is 7.25. The van der Waals surface area contributed by atoms with Gasteiger partial charge < -0.3 is 10.8 Å². The lowest BCUT2D eigenvalue weighted by atomic mass is 10.1. The second-order valence-corrected chi connectivity index (χ2v) is 2.81. The Labute approximate surface area is 79.8 Å². The average Bonchev–Trinajstić information content (AvgIpc) is 2.65. The minimum absolute atomic E-state index is 0.348. The normalized spacial score (nSPS) is 12.6. The number of H-pyrrole nitrogens is 1. The molecule has 0 spiro atoms. The lowest BCUT2D eigenvalue weighted by molar-refractivity contribution is 0.220. The first-order chi connectivity index (χ1) is 6.79. The Balaban J connectivity index is 2.34. The number of nitrogen functional groups attached to an aromatic ring is 1. The van der Waals surface area contributed by atoms with E-state index in [2.05, 4.69) is 20.2 Å². The van der Waals surface area contributed by atoms with E-state index in [4.69, 9.17) is 5.73 Å². The van der Waals surface area contributed by atoms with Gasteiger partial charge in [0.05, 0.1) is 6.20 Å². The molecule has 1 atom stereocenters. The number of aromatic nitrogens is 4.